The van der Waals surface area contributed by atoms with E-state index in [1.54, 1.807) is 0 Å². The molecule has 1 aromatic heterocycles. The lowest BCUT2D eigenvalue weighted by Gasteiger charge is -2.41. The second-order valence-corrected chi connectivity index (χ2v) is 12.9. The monoisotopic (exact) mass is 620 g/mol. The predicted molar refractivity (Wildman–Crippen MR) is 168 cm³/mol. The zero-order valence-electron chi connectivity index (χ0n) is 24.2. The van der Waals surface area contributed by atoms with E-state index in [1.807, 2.05) is 28.8 Å². The molecule has 0 radical (unpaired) electrons. The average Bonchev–Trinajstić information content (AvgIpc) is 3.43. The Morgan fingerprint density at radius 2 is 2.07 bits per heavy atom. The van der Waals surface area contributed by atoms with Gasteiger partial charge >= 0.3 is 6.01 Å². The molecule has 8 nitrogen and oxygen atoms in total. The molecular weight excluding hydrogens is 587 g/mol. The number of amides is 1. The van der Waals surface area contributed by atoms with E-state index in [9.17, 15) is 14.4 Å². The maximum atomic E-state index is 13.8. The number of nitrogens with zero attached hydrogens (tertiary/aromatic N) is 6. The zero-order chi connectivity index (χ0) is 30.1. The third-order valence-corrected chi connectivity index (χ3v) is 10.2. The van der Waals surface area contributed by atoms with Crippen molar-refractivity contribution in [2.75, 3.05) is 50.5 Å². The summed E-state index contributed by atoms with van der Waals surface area (Å²) in [5, 5.41) is 10.8. The topological polar surface area (TPSA) is 85.6 Å². The second-order valence-electron chi connectivity index (χ2n) is 11.4. The molecule has 0 bridgehead atoms. The fraction of sp³-hybridized carbons (Fsp3) is 0.438. The Hall–Kier alpha value is -3.39. The highest BCUT2D eigenvalue weighted by molar-refractivity contribution is 7.99. The number of rotatable bonds is 7. The summed E-state index contributed by atoms with van der Waals surface area (Å²) in [6.45, 7) is 5.59. The zero-order valence-corrected chi connectivity index (χ0v) is 25.8. The van der Waals surface area contributed by atoms with Crippen molar-refractivity contribution < 1.29 is 13.9 Å². The van der Waals surface area contributed by atoms with E-state index in [0.29, 0.717) is 42.1 Å². The molecule has 1 amide bonds. The first-order valence-electron chi connectivity index (χ1n) is 14.7. The van der Waals surface area contributed by atoms with E-state index in [-0.39, 0.29) is 19.0 Å². The van der Waals surface area contributed by atoms with Gasteiger partial charge in [-0.2, -0.15) is 15.2 Å². The van der Waals surface area contributed by atoms with Crippen molar-refractivity contribution >= 4 is 46.0 Å². The number of aryl methyl sites for hydroxylation is 1. The van der Waals surface area contributed by atoms with E-state index in [1.165, 1.54) is 15.4 Å². The number of halogens is 2. The lowest BCUT2D eigenvalue weighted by molar-refractivity contribution is -0.131. The summed E-state index contributed by atoms with van der Waals surface area (Å²) in [6, 6.07) is 12.5. The number of thioether (sulfide) groups is 1. The van der Waals surface area contributed by atoms with Crippen LogP contribution in [0.25, 0.3) is 22.0 Å². The summed E-state index contributed by atoms with van der Waals surface area (Å²) in [4.78, 5) is 29.2. The Bertz CT molecular complexity index is 1610. The standard InChI is InChI=1S/C32H34ClFN6O2S/c1-20(34)31(41)40-14-13-39(18-22(40)10-11-35)30-26-16-27(33)25(24-9-3-6-21-7-5-15-43-29(21)24)17-28(26)36-32(37-30)42-19-23-8-4-12-38(23)2/h3,6,9,16-17,22-23H,1,4-5,7-8,10,12-15,18-19H2,2H3/t22-,23-/m0/s1. The highest BCUT2D eigenvalue weighted by Crippen LogP contribution is 2.43. The largest absolute Gasteiger partial charge is 0.462 e. The number of benzene rings is 2. The summed E-state index contributed by atoms with van der Waals surface area (Å²) in [5.74, 6) is -0.124. The Morgan fingerprint density at radius 3 is 2.84 bits per heavy atom. The quantitative estimate of drug-likeness (QED) is 0.303. The van der Waals surface area contributed by atoms with Crippen LogP contribution in [0, 0.1) is 11.3 Å². The van der Waals surface area contributed by atoms with Crippen LogP contribution >= 0.6 is 23.4 Å². The van der Waals surface area contributed by atoms with Gasteiger partial charge in [0.2, 0.25) is 0 Å². The molecule has 0 N–H and O–H groups in total. The van der Waals surface area contributed by atoms with Gasteiger partial charge in [-0.3, -0.25) is 4.79 Å². The number of likely N-dealkylation sites (N-methyl/N-ethyl adjacent to an activating group) is 1. The van der Waals surface area contributed by atoms with Crippen LogP contribution in [-0.4, -0.2) is 83.3 Å². The number of carbonyl (C=O) groups excluding carboxylic acids is 1. The van der Waals surface area contributed by atoms with Gasteiger partial charge < -0.3 is 19.4 Å². The molecule has 43 heavy (non-hydrogen) atoms. The summed E-state index contributed by atoms with van der Waals surface area (Å²) in [7, 11) is 2.10. The summed E-state index contributed by atoms with van der Waals surface area (Å²) in [6.07, 6.45) is 4.45. The maximum absolute atomic E-state index is 13.8. The van der Waals surface area contributed by atoms with Crippen LogP contribution in [0.2, 0.25) is 5.02 Å². The third-order valence-electron chi connectivity index (χ3n) is 8.65. The minimum absolute atomic E-state index is 0.0532. The van der Waals surface area contributed by atoms with Gasteiger partial charge in [0.05, 0.1) is 24.0 Å². The summed E-state index contributed by atoms with van der Waals surface area (Å²) in [5.41, 5.74) is 4.04. The van der Waals surface area contributed by atoms with Crippen molar-refractivity contribution in [3.05, 3.63) is 53.3 Å². The van der Waals surface area contributed by atoms with E-state index in [0.717, 1.165) is 54.5 Å². The number of anilines is 1. The van der Waals surface area contributed by atoms with Crippen molar-refractivity contribution in [3.8, 4) is 23.2 Å². The van der Waals surface area contributed by atoms with Crippen molar-refractivity contribution in [2.45, 2.75) is 49.1 Å². The smallest absolute Gasteiger partial charge is 0.319 e. The minimum Gasteiger partial charge on any atom is -0.462 e. The summed E-state index contributed by atoms with van der Waals surface area (Å²) < 4.78 is 20.0. The molecular formula is C32H34ClFN6O2S. The Morgan fingerprint density at radius 1 is 1.21 bits per heavy atom. The number of fused-ring (bicyclic) bond motifs is 2. The van der Waals surface area contributed by atoms with Gasteiger partial charge in [0, 0.05) is 46.5 Å². The van der Waals surface area contributed by atoms with Crippen LogP contribution in [0.1, 0.15) is 31.2 Å². The van der Waals surface area contributed by atoms with Crippen LogP contribution in [0.5, 0.6) is 6.01 Å². The van der Waals surface area contributed by atoms with Crippen molar-refractivity contribution in [1.82, 2.24) is 19.8 Å². The molecule has 3 aliphatic rings. The first kappa shape index (κ1) is 29.7. The molecule has 4 heterocycles. The number of ether oxygens (including phenoxy) is 1. The average molecular weight is 621 g/mol. The SMILES string of the molecule is C=C(F)C(=O)N1CCN(c2nc(OC[C@@H]3CCCN3C)nc3cc(-c4cccc5c4SCCC5)c(Cl)cc23)C[C@@H]1CC#N. The summed E-state index contributed by atoms with van der Waals surface area (Å²) >= 11 is 8.87. The predicted octanol–water partition coefficient (Wildman–Crippen LogP) is 5.88. The molecule has 3 aliphatic heterocycles. The molecule has 3 aromatic rings. The maximum Gasteiger partial charge on any atom is 0.319 e. The first-order chi connectivity index (χ1) is 20.8. The third kappa shape index (κ3) is 6.03. The van der Waals surface area contributed by atoms with Crippen molar-refractivity contribution in [3.63, 3.8) is 0 Å². The number of aromatic nitrogens is 2. The molecule has 2 aromatic carbocycles. The van der Waals surface area contributed by atoms with E-state index in [2.05, 4.69) is 42.8 Å². The fourth-order valence-electron chi connectivity index (χ4n) is 6.34. The Labute approximate surface area is 260 Å². The van der Waals surface area contributed by atoms with Gasteiger partial charge in [-0.15, -0.1) is 11.8 Å². The first-order valence-corrected chi connectivity index (χ1v) is 16.1. The van der Waals surface area contributed by atoms with Gasteiger partial charge in [0.15, 0.2) is 5.83 Å². The van der Waals surface area contributed by atoms with E-state index in [4.69, 9.17) is 26.3 Å². The van der Waals surface area contributed by atoms with Crippen LogP contribution < -0.4 is 9.64 Å². The second kappa shape index (κ2) is 12.7. The normalized spacial score (nSPS) is 20.6. The lowest BCUT2D eigenvalue weighted by Crippen LogP contribution is -2.55. The lowest BCUT2D eigenvalue weighted by atomic mass is 9.99. The van der Waals surface area contributed by atoms with Gasteiger partial charge in [-0.1, -0.05) is 36.4 Å². The molecule has 0 spiro atoms. The fourth-order valence-corrected chi connectivity index (χ4v) is 7.78. The van der Waals surface area contributed by atoms with Crippen LogP contribution in [0.3, 0.4) is 0 Å². The van der Waals surface area contributed by atoms with Crippen LogP contribution in [0.15, 0.2) is 47.6 Å². The van der Waals surface area contributed by atoms with Gasteiger partial charge in [0.1, 0.15) is 12.4 Å². The highest BCUT2D eigenvalue weighted by atomic mass is 35.5. The van der Waals surface area contributed by atoms with E-state index >= 15 is 0 Å². The molecule has 2 atom stereocenters. The molecule has 11 heteroatoms. The molecule has 2 saturated heterocycles. The number of nitriles is 1. The van der Waals surface area contributed by atoms with E-state index < -0.39 is 17.8 Å². The van der Waals surface area contributed by atoms with Crippen LogP contribution in [-0.2, 0) is 11.2 Å². The number of carbonyl (C=O) groups is 1. The number of likely N-dealkylation sites (tertiary alicyclic amines) is 1. The molecule has 0 unspecified atom stereocenters. The van der Waals surface area contributed by atoms with Crippen molar-refractivity contribution in [1.29, 1.82) is 5.26 Å². The number of hydrogen-bond acceptors (Lipinski definition) is 8. The molecule has 6 rings (SSSR count). The Balaban J connectivity index is 1.41. The molecule has 224 valence electrons. The van der Waals surface area contributed by atoms with Gasteiger partial charge in [0.25, 0.3) is 5.91 Å². The minimum atomic E-state index is -1.03. The number of hydrogen-bond donors (Lipinski definition) is 0. The van der Waals surface area contributed by atoms with Crippen LogP contribution in [0.4, 0.5) is 10.2 Å². The Kier molecular flexibility index (Phi) is 8.75. The van der Waals surface area contributed by atoms with Crippen molar-refractivity contribution in [2.24, 2.45) is 0 Å². The van der Waals surface area contributed by atoms with Gasteiger partial charge in [-0.05, 0) is 68.3 Å². The highest BCUT2D eigenvalue weighted by Gasteiger charge is 2.33. The molecule has 0 aliphatic carbocycles. The molecule has 0 saturated carbocycles. The van der Waals surface area contributed by atoms with Gasteiger partial charge in [-0.25, -0.2) is 4.39 Å². The number of piperazine rings is 1. The molecule has 2 fully saturated rings.